The number of hydrogen-bond donors (Lipinski definition) is 1. The van der Waals surface area contributed by atoms with Crippen LogP contribution in [0.1, 0.15) is 31.7 Å². The summed E-state index contributed by atoms with van der Waals surface area (Å²) in [5.74, 6) is 0.724. The van der Waals surface area contributed by atoms with Gasteiger partial charge < -0.3 is 5.32 Å². The largest absolute Gasteiger partial charge is 0.314 e. The molecule has 17 heavy (non-hydrogen) atoms. The lowest BCUT2D eigenvalue weighted by atomic mass is 9.95. The van der Waals surface area contributed by atoms with E-state index in [1.165, 1.54) is 24.8 Å². The van der Waals surface area contributed by atoms with Crippen LogP contribution in [0, 0.1) is 5.92 Å². The maximum absolute atomic E-state index is 6.29. The van der Waals surface area contributed by atoms with E-state index in [0.717, 1.165) is 28.5 Å². The Kier molecular flexibility index (Phi) is 2.89. The Labute approximate surface area is 112 Å². The fraction of sp³-hybridized carbons (Fsp3) is 0.571. The van der Waals surface area contributed by atoms with Crippen LogP contribution in [0.4, 0.5) is 0 Å². The summed E-state index contributed by atoms with van der Waals surface area (Å²) in [6.07, 6.45) is 3.93. The van der Waals surface area contributed by atoms with Gasteiger partial charge in [0.15, 0.2) is 0 Å². The normalized spacial score (nSPS) is 31.6. The van der Waals surface area contributed by atoms with Crippen LogP contribution in [-0.4, -0.2) is 12.6 Å². The Morgan fingerprint density at radius 3 is 2.76 bits per heavy atom. The first-order valence-electron chi connectivity index (χ1n) is 6.28. The van der Waals surface area contributed by atoms with E-state index in [-0.39, 0.29) is 5.41 Å². The molecule has 1 N–H and O–H groups in total. The van der Waals surface area contributed by atoms with Crippen molar-refractivity contribution in [3.63, 3.8) is 0 Å². The molecule has 0 aliphatic heterocycles. The summed E-state index contributed by atoms with van der Waals surface area (Å²) in [5.41, 5.74) is 1.51. The molecule has 2 aliphatic carbocycles. The van der Waals surface area contributed by atoms with E-state index in [1.807, 2.05) is 12.1 Å². The Morgan fingerprint density at radius 1 is 1.35 bits per heavy atom. The molecule has 0 aromatic heterocycles. The van der Waals surface area contributed by atoms with Crippen LogP contribution in [0.2, 0.25) is 10.0 Å². The number of hydrogen-bond acceptors (Lipinski definition) is 1. The van der Waals surface area contributed by atoms with Gasteiger partial charge in [0, 0.05) is 16.1 Å². The zero-order valence-corrected chi connectivity index (χ0v) is 11.5. The summed E-state index contributed by atoms with van der Waals surface area (Å²) in [5, 5.41) is 5.14. The predicted octanol–water partition coefficient (Wildman–Crippen LogP) is 4.02. The number of rotatable bonds is 4. The van der Waals surface area contributed by atoms with E-state index < -0.39 is 0 Å². The van der Waals surface area contributed by atoms with E-state index in [9.17, 15) is 0 Å². The van der Waals surface area contributed by atoms with E-state index in [4.69, 9.17) is 23.2 Å². The summed E-state index contributed by atoms with van der Waals surface area (Å²) in [6, 6.07) is 6.67. The second-order valence-electron chi connectivity index (χ2n) is 5.63. The fourth-order valence-electron chi connectivity index (χ4n) is 2.63. The molecule has 0 bridgehead atoms. The molecule has 0 spiro atoms. The summed E-state index contributed by atoms with van der Waals surface area (Å²) >= 11 is 12.2. The minimum Gasteiger partial charge on any atom is -0.314 e. The van der Waals surface area contributed by atoms with Gasteiger partial charge in [-0.2, -0.15) is 0 Å². The first-order chi connectivity index (χ1) is 8.09. The van der Waals surface area contributed by atoms with Gasteiger partial charge in [0.1, 0.15) is 0 Å². The van der Waals surface area contributed by atoms with E-state index in [0.29, 0.717) is 0 Å². The molecule has 2 saturated carbocycles. The number of halogens is 2. The van der Waals surface area contributed by atoms with Crippen molar-refractivity contribution in [2.75, 3.05) is 6.54 Å². The topological polar surface area (TPSA) is 12.0 Å². The molecule has 2 unspecified atom stereocenters. The van der Waals surface area contributed by atoms with Crippen LogP contribution in [0.25, 0.3) is 0 Å². The monoisotopic (exact) mass is 269 g/mol. The highest BCUT2D eigenvalue weighted by atomic mass is 35.5. The van der Waals surface area contributed by atoms with Crippen molar-refractivity contribution in [1.82, 2.24) is 5.32 Å². The van der Waals surface area contributed by atoms with Crippen molar-refractivity contribution < 1.29 is 0 Å². The van der Waals surface area contributed by atoms with Crippen molar-refractivity contribution in [2.45, 2.75) is 37.6 Å². The molecule has 1 aromatic carbocycles. The van der Waals surface area contributed by atoms with Gasteiger partial charge in [0.2, 0.25) is 0 Å². The quantitative estimate of drug-likeness (QED) is 0.871. The predicted molar refractivity (Wildman–Crippen MR) is 72.9 cm³/mol. The van der Waals surface area contributed by atoms with Gasteiger partial charge in [-0.25, -0.2) is 0 Å². The first kappa shape index (κ1) is 11.8. The molecule has 1 aromatic rings. The lowest BCUT2D eigenvalue weighted by Crippen LogP contribution is -2.22. The molecule has 3 rings (SSSR count). The van der Waals surface area contributed by atoms with Crippen LogP contribution in [0.3, 0.4) is 0 Å². The molecule has 2 fully saturated rings. The molecular weight excluding hydrogens is 253 g/mol. The molecule has 0 saturated heterocycles. The molecular formula is C14H17Cl2N. The lowest BCUT2D eigenvalue weighted by Gasteiger charge is -2.14. The molecule has 2 atom stereocenters. The van der Waals surface area contributed by atoms with Crippen molar-refractivity contribution in [3.8, 4) is 0 Å². The maximum Gasteiger partial charge on any atom is 0.0458 e. The maximum atomic E-state index is 6.29. The third-order valence-corrected chi connectivity index (χ3v) is 4.74. The Hall–Kier alpha value is -0.240. The van der Waals surface area contributed by atoms with Crippen molar-refractivity contribution in [2.24, 2.45) is 5.92 Å². The van der Waals surface area contributed by atoms with Gasteiger partial charge in [0.25, 0.3) is 0 Å². The zero-order valence-electron chi connectivity index (χ0n) is 9.97. The van der Waals surface area contributed by atoms with Crippen molar-refractivity contribution in [3.05, 3.63) is 33.8 Å². The third-order valence-electron chi connectivity index (χ3n) is 4.19. The van der Waals surface area contributed by atoms with E-state index in [2.05, 4.69) is 18.3 Å². The molecule has 1 nitrogen and oxygen atoms in total. The summed E-state index contributed by atoms with van der Waals surface area (Å²) < 4.78 is 0. The van der Waals surface area contributed by atoms with Crippen LogP contribution < -0.4 is 5.32 Å². The number of nitrogens with one attached hydrogen (secondary N) is 1. The standard InChI is InChI=1S/C14H17Cl2N/c1-14(7-9(14)8-17-11-3-4-11)12-5-2-10(15)6-13(12)16/h2,5-6,9,11,17H,3-4,7-8H2,1H3. The summed E-state index contributed by atoms with van der Waals surface area (Å²) in [4.78, 5) is 0. The summed E-state index contributed by atoms with van der Waals surface area (Å²) in [7, 11) is 0. The molecule has 0 amide bonds. The lowest BCUT2D eigenvalue weighted by molar-refractivity contribution is 0.576. The minimum absolute atomic E-state index is 0.254. The SMILES string of the molecule is CC1(c2ccc(Cl)cc2Cl)CC1CNC1CC1. The fourth-order valence-corrected chi connectivity index (χ4v) is 3.25. The van der Waals surface area contributed by atoms with Gasteiger partial charge in [-0.3, -0.25) is 0 Å². The van der Waals surface area contributed by atoms with Gasteiger partial charge in [-0.1, -0.05) is 36.2 Å². The first-order valence-corrected chi connectivity index (χ1v) is 7.04. The highest BCUT2D eigenvalue weighted by Crippen LogP contribution is 2.55. The van der Waals surface area contributed by atoms with Crippen LogP contribution in [0.15, 0.2) is 18.2 Å². The second kappa shape index (κ2) is 4.15. The molecule has 3 heteroatoms. The molecule has 2 aliphatic rings. The van der Waals surface area contributed by atoms with Crippen molar-refractivity contribution in [1.29, 1.82) is 0 Å². The molecule has 0 heterocycles. The minimum atomic E-state index is 0.254. The van der Waals surface area contributed by atoms with Crippen LogP contribution >= 0.6 is 23.2 Å². The average Bonchev–Trinajstić information content (AvgIpc) is 3.13. The van der Waals surface area contributed by atoms with Crippen LogP contribution in [-0.2, 0) is 5.41 Å². The van der Waals surface area contributed by atoms with Crippen LogP contribution in [0.5, 0.6) is 0 Å². The smallest absolute Gasteiger partial charge is 0.0458 e. The highest BCUT2D eigenvalue weighted by molar-refractivity contribution is 6.35. The van der Waals surface area contributed by atoms with E-state index in [1.54, 1.807) is 0 Å². The molecule has 0 radical (unpaired) electrons. The summed E-state index contributed by atoms with van der Waals surface area (Å²) in [6.45, 7) is 3.43. The Balaban J connectivity index is 1.70. The average molecular weight is 270 g/mol. The molecule has 92 valence electrons. The van der Waals surface area contributed by atoms with Gasteiger partial charge in [0.05, 0.1) is 0 Å². The Morgan fingerprint density at radius 2 is 2.12 bits per heavy atom. The van der Waals surface area contributed by atoms with Gasteiger partial charge in [-0.15, -0.1) is 0 Å². The zero-order chi connectivity index (χ0) is 12.0. The van der Waals surface area contributed by atoms with E-state index >= 15 is 0 Å². The van der Waals surface area contributed by atoms with Gasteiger partial charge in [-0.05, 0) is 54.8 Å². The van der Waals surface area contributed by atoms with Gasteiger partial charge >= 0.3 is 0 Å². The van der Waals surface area contributed by atoms with Crippen molar-refractivity contribution >= 4 is 23.2 Å². The second-order valence-corrected chi connectivity index (χ2v) is 6.47. The third kappa shape index (κ3) is 2.33. The highest BCUT2D eigenvalue weighted by Gasteiger charge is 2.51. The number of benzene rings is 1. The Bertz CT molecular complexity index is 442.